The standard InChI is InChI=1S/C17H21N3O/c1-12-19-10-8-15(20-12)16(21)17(11-18)9-4-6-13-5-2-3-7-14(13)17/h2-3,5,7-8,10,16,21H,4,6,9,11,18H2,1H3. The van der Waals surface area contributed by atoms with Gasteiger partial charge in [-0.05, 0) is 43.4 Å². The number of aryl methyl sites for hydroxylation is 2. The van der Waals surface area contributed by atoms with Crippen molar-refractivity contribution in [2.45, 2.75) is 37.7 Å². The zero-order valence-electron chi connectivity index (χ0n) is 12.3. The lowest BCUT2D eigenvalue weighted by Gasteiger charge is -2.41. The van der Waals surface area contributed by atoms with Crippen molar-refractivity contribution in [1.82, 2.24) is 9.97 Å². The topological polar surface area (TPSA) is 72.0 Å². The van der Waals surface area contributed by atoms with Crippen LogP contribution in [0.5, 0.6) is 0 Å². The second-order valence-electron chi connectivity index (χ2n) is 5.80. The maximum absolute atomic E-state index is 11.0. The number of aliphatic hydroxyl groups excluding tert-OH is 1. The largest absolute Gasteiger partial charge is 0.386 e. The Balaban J connectivity index is 2.09. The molecule has 1 aliphatic rings. The Kier molecular flexibility index (Phi) is 3.74. The van der Waals surface area contributed by atoms with Crippen LogP contribution in [0.15, 0.2) is 36.5 Å². The second-order valence-corrected chi connectivity index (χ2v) is 5.80. The van der Waals surface area contributed by atoms with Gasteiger partial charge >= 0.3 is 0 Å². The maximum atomic E-state index is 11.0. The van der Waals surface area contributed by atoms with E-state index in [1.54, 1.807) is 12.3 Å². The van der Waals surface area contributed by atoms with Gasteiger partial charge in [0.05, 0.1) is 5.69 Å². The van der Waals surface area contributed by atoms with E-state index in [9.17, 15) is 5.11 Å². The molecule has 0 radical (unpaired) electrons. The molecule has 1 heterocycles. The van der Waals surface area contributed by atoms with Gasteiger partial charge in [-0.3, -0.25) is 0 Å². The molecule has 2 unspecified atom stereocenters. The summed E-state index contributed by atoms with van der Waals surface area (Å²) in [4.78, 5) is 8.50. The third-order valence-corrected chi connectivity index (χ3v) is 4.59. The van der Waals surface area contributed by atoms with E-state index in [-0.39, 0.29) is 0 Å². The third-order valence-electron chi connectivity index (χ3n) is 4.59. The molecule has 4 heteroatoms. The van der Waals surface area contributed by atoms with Crippen molar-refractivity contribution in [3.8, 4) is 0 Å². The zero-order valence-corrected chi connectivity index (χ0v) is 12.3. The maximum Gasteiger partial charge on any atom is 0.125 e. The molecule has 0 aliphatic heterocycles. The monoisotopic (exact) mass is 283 g/mol. The number of rotatable bonds is 3. The molecule has 0 amide bonds. The van der Waals surface area contributed by atoms with E-state index in [1.165, 1.54) is 11.1 Å². The summed E-state index contributed by atoms with van der Waals surface area (Å²) in [6.45, 7) is 2.24. The van der Waals surface area contributed by atoms with Crippen LogP contribution in [0.3, 0.4) is 0 Å². The van der Waals surface area contributed by atoms with E-state index in [0.29, 0.717) is 18.1 Å². The fraction of sp³-hybridized carbons (Fsp3) is 0.412. The van der Waals surface area contributed by atoms with E-state index in [1.807, 2.05) is 19.1 Å². The molecule has 1 aromatic carbocycles. The lowest BCUT2D eigenvalue weighted by atomic mass is 9.66. The van der Waals surface area contributed by atoms with Gasteiger partial charge in [-0.2, -0.15) is 0 Å². The minimum absolute atomic E-state index is 0.411. The van der Waals surface area contributed by atoms with Gasteiger partial charge < -0.3 is 10.8 Å². The van der Waals surface area contributed by atoms with Gasteiger partial charge in [0.25, 0.3) is 0 Å². The highest BCUT2D eigenvalue weighted by atomic mass is 16.3. The predicted molar refractivity (Wildman–Crippen MR) is 81.8 cm³/mol. The van der Waals surface area contributed by atoms with E-state index < -0.39 is 11.5 Å². The first-order valence-corrected chi connectivity index (χ1v) is 7.43. The van der Waals surface area contributed by atoms with Crippen molar-refractivity contribution >= 4 is 0 Å². The quantitative estimate of drug-likeness (QED) is 0.904. The molecule has 21 heavy (non-hydrogen) atoms. The first kappa shape index (κ1) is 14.2. The van der Waals surface area contributed by atoms with Gasteiger partial charge in [-0.25, -0.2) is 9.97 Å². The lowest BCUT2D eigenvalue weighted by Crippen LogP contribution is -2.44. The molecule has 2 atom stereocenters. The van der Waals surface area contributed by atoms with Crippen molar-refractivity contribution in [2.75, 3.05) is 6.54 Å². The smallest absolute Gasteiger partial charge is 0.125 e. The highest BCUT2D eigenvalue weighted by Crippen LogP contribution is 2.44. The molecule has 0 fully saturated rings. The van der Waals surface area contributed by atoms with Crippen LogP contribution in [0, 0.1) is 6.92 Å². The summed E-state index contributed by atoms with van der Waals surface area (Å²) >= 11 is 0. The molecule has 0 spiro atoms. The van der Waals surface area contributed by atoms with E-state index in [4.69, 9.17) is 5.73 Å². The normalized spacial score (nSPS) is 22.6. The molecule has 3 N–H and O–H groups in total. The third kappa shape index (κ3) is 2.34. The summed E-state index contributed by atoms with van der Waals surface area (Å²) in [6.07, 6.45) is 3.96. The summed E-state index contributed by atoms with van der Waals surface area (Å²) in [6, 6.07) is 10.1. The summed E-state index contributed by atoms with van der Waals surface area (Å²) in [7, 11) is 0. The summed E-state index contributed by atoms with van der Waals surface area (Å²) in [5.41, 5.74) is 8.79. The number of aromatic nitrogens is 2. The van der Waals surface area contributed by atoms with Crippen molar-refractivity contribution in [1.29, 1.82) is 0 Å². The van der Waals surface area contributed by atoms with Crippen LogP contribution >= 0.6 is 0 Å². The van der Waals surface area contributed by atoms with Crippen LogP contribution in [0.2, 0.25) is 0 Å². The van der Waals surface area contributed by atoms with Gasteiger partial charge in [-0.15, -0.1) is 0 Å². The summed E-state index contributed by atoms with van der Waals surface area (Å²) < 4.78 is 0. The number of nitrogens with zero attached hydrogens (tertiary/aromatic N) is 2. The first-order valence-electron chi connectivity index (χ1n) is 7.43. The number of hydrogen-bond donors (Lipinski definition) is 2. The molecule has 3 rings (SSSR count). The summed E-state index contributed by atoms with van der Waals surface area (Å²) in [5.74, 6) is 0.669. The number of hydrogen-bond acceptors (Lipinski definition) is 4. The SMILES string of the molecule is Cc1nccc(C(O)C2(CN)CCCc3ccccc32)n1. The highest BCUT2D eigenvalue weighted by Gasteiger charge is 2.42. The Hall–Kier alpha value is -1.78. The van der Waals surface area contributed by atoms with Crippen LogP contribution in [0.25, 0.3) is 0 Å². The molecule has 0 saturated heterocycles. The number of nitrogens with two attached hydrogens (primary N) is 1. The van der Waals surface area contributed by atoms with Crippen LogP contribution in [0.4, 0.5) is 0 Å². The van der Waals surface area contributed by atoms with Gasteiger partial charge in [-0.1, -0.05) is 24.3 Å². The molecular weight excluding hydrogens is 262 g/mol. The Morgan fingerprint density at radius 3 is 2.90 bits per heavy atom. The second kappa shape index (κ2) is 5.54. The number of aliphatic hydroxyl groups is 1. The van der Waals surface area contributed by atoms with E-state index in [2.05, 4.69) is 22.1 Å². The Bertz CT molecular complexity index is 643. The predicted octanol–water partition coefficient (Wildman–Crippen LogP) is 2.05. The molecule has 1 aliphatic carbocycles. The van der Waals surface area contributed by atoms with Gasteiger partial charge in [0.2, 0.25) is 0 Å². The van der Waals surface area contributed by atoms with E-state index >= 15 is 0 Å². The van der Waals surface area contributed by atoms with Crippen molar-refractivity contribution in [2.24, 2.45) is 5.73 Å². The van der Waals surface area contributed by atoms with Crippen molar-refractivity contribution in [3.05, 3.63) is 59.2 Å². The zero-order chi connectivity index (χ0) is 14.9. The number of benzene rings is 1. The van der Waals surface area contributed by atoms with Crippen molar-refractivity contribution < 1.29 is 5.11 Å². The fourth-order valence-corrected chi connectivity index (χ4v) is 3.47. The fourth-order valence-electron chi connectivity index (χ4n) is 3.47. The highest BCUT2D eigenvalue weighted by molar-refractivity contribution is 5.39. The Labute approximate surface area is 125 Å². The molecule has 1 aromatic heterocycles. The van der Waals surface area contributed by atoms with Gasteiger partial charge in [0.15, 0.2) is 0 Å². The molecule has 0 saturated carbocycles. The molecule has 110 valence electrons. The minimum Gasteiger partial charge on any atom is -0.386 e. The minimum atomic E-state index is -0.703. The Morgan fingerprint density at radius 1 is 1.33 bits per heavy atom. The molecule has 0 bridgehead atoms. The van der Waals surface area contributed by atoms with Gasteiger partial charge in [0.1, 0.15) is 11.9 Å². The Morgan fingerprint density at radius 2 is 2.14 bits per heavy atom. The average molecular weight is 283 g/mol. The summed E-state index contributed by atoms with van der Waals surface area (Å²) in [5, 5.41) is 11.0. The molecular formula is C17H21N3O. The lowest BCUT2D eigenvalue weighted by molar-refractivity contribution is 0.0679. The molecule has 4 nitrogen and oxygen atoms in total. The van der Waals surface area contributed by atoms with Crippen LogP contribution in [-0.2, 0) is 11.8 Å². The van der Waals surface area contributed by atoms with Crippen LogP contribution in [0.1, 0.15) is 41.6 Å². The van der Waals surface area contributed by atoms with E-state index in [0.717, 1.165) is 19.3 Å². The first-order chi connectivity index (χ1) is 10.2. The number of fused-ring (bicyclic) bond motifs is 1. The van der Waals surface area contributed by atoms with Crippen LogP contribution in [-0.4, -0.2) is 21.6 Å². The van der Waals surface area contributed by atoms with Gasteiger partial charge in [0, 0.05) is 18.2 Å². The van der Waals surface area contributed by atoms with Crippen LogP contribution < -0.4 is 5.73 Å². The molecule has 2 aromatic rings. The average Bonchev–Trinajstić information content (AvgIpc) is 2.53. The van der Waals surface area contributed by atoms with Crippen molar-refractivity contribution in [3.63, 3.8) is 0 Å².